The Morgan fingerprint density at radius 2 is 1.93 bits per heavy atom. The van der Waals surface area contributed by atoms with Gasteiger partial charge in [-0.15, -0.1) is 0 Å². The van der Waals surface area contributed by atoms with Crippen LogP contribution in [0, 0.1) is 13.8 Å². The first-order valence-electron chi connectivity index (χ1n) is 9.34. The van der Waals surface area contributed by atoms with E-state index in [1.165, 1.54) is 11.1 Å². The predicted octanol–water partition coefficient (Wildman–Crippen LogP) is 4.21. The van der Waals surface area contributed by atoms with Crippen LogP contribution in [0.15, 0.2) is 54.7 Å². The first-order chi connectivity index (χ1) is 13.6. The summed E-state index contributed by atoms with van der Waals surface area (Å²) in [6, 6.07) is 16.4. The minimum absolute atomic E-state index is 0.000786. The minimum Gasteiger partial charge on any atom is -0.497 e. The number of aromatic amines is 1. The van der Waals surface area contributed by atoms with Crippen LogP contribution in [-0.4, -0.2) is 27.1 Å². The van der Waals surface area contributed by atoms with Crippen molar-refractivity contribution in [3.05, 3.63) is 82.9 Å². The number of rotatable bonds is 5. The molecule has 3 aromatic rings. The Kier molecular flexibility index (Phi) is 5.05. The Labute approximate surface area is 170 Å². The number of hydrogen-bond donors (Lipinski definition) is 2. The van der Waals surface area contributed by atoms with Gasteiger partial charge in [-0.3, -0.25) is 4.98 Å². The Bertz CT molecular complexity index is 968. The smallest absolute Gasteiger partial charge is 0.170 e. The van der Waals surface area contributed by atoms with Gasteiger partial charge in [-0.1, -0.05) is 18.2 Å². The van der Waals surface area contributed by atoms with Crippen molar-refractivity contribution in [1.29, 1.82) is 0 Å². The predicted molar refractivity (Wildman–Crippen MR) is 114 cm³/mol. The van der Waals surface area contributed by atoms with Crippen LogP contribution in [0.1, 0.15) is 40.3 Å². The summed E-state index contributed by atoms with van der Waals surface area (Å²) in [4.78, 5) is 10.3. The van der Waals surface area contributed by atoms with Crippen molar-refractivity contribution in [3.63, 3.8) is 0 Å². The van der Waals surface area contributed by atoms with Crippen molar-refractivity contribution in [3.8, 4) is 5.75 Å². The molecule has 2 aromatic heterocycles. The molecule has 4 rings (SSSR count). The summed E-state index contributed by atoms with van der Waals surface area (Å²) >= 11 is 5.74. The molecule has 3 heterocycles. The van der Waals surface area contributed by atoms with Crippen LogP contribution in [-0.2, 0) is 6.54 Å². The third-order valence-corrected chi connectivity index (χ3v) is 5.57. The molecule has 0 saturated carbocycles. The van der Waals surface area contributed by atoms with E-state index in [1.54, 1.807) is 7.11 Å². The van der Waals surface area contributed by atoms with E-state index in [4.69, 9.17) is 17.0 Å². The van der Waals surface area contributed by atoms with Crippen molar-refractivity contribution < 1.29 is 4.74 Å². The molecule has 1 aliphatic rings. The molecular weight excluding hydrogens is 368 g/mol. The van der Waals surface area contributed by atoms with Crippen LogP contribution in [0.3, 0.4) is 0 Å². The van der Waals surface area contributed by atoms with Crippen molar-refractivity contribution in [2.24, 2.45) is 0 Å². The van der Waals surface area contributed by atoms with Gasteiger partial charge in [0.25, 0.3) is 0 Å². The minimum atomic E-state index is 0.000786. The lowest BCUT2D eigenvalue weighted by molar-refractivity contribution is 0.310. The SMILES string of the molecule is COc1ccc(CN2C(=S)N[C@H](c3ccccn3)[C@@H]2c2cc(C)[nH]c2C)cc1. The number of aryl methyl sites for hydroxylation is 2. The summed E-state index contributed by atoms with van der Waals surface area (Å²) in [5.74, 6) is 0.853. The second-order valence-corrected chi connectivity index (χ2v) is 7.52. The number of pyridine rings is 1. The Balaban J connectivity index is 1.72. The fourth-order valence-corrected chi connectivity index (χ4v) is 4.20. The highest BCUT2D eigenvalue weighted by Crippen LogP contribution is 2.40. The van der Waals surface area contributed by atoms with Gasteiger partial charge in [0, 0.05) is 24.1 Å². The van der Waals surface area contributed by atoms with Gasteiger partial charge in [0.2, 0.25) is 0 Å². The van der Waals surface area contributed by atoms with E-state index in [0.717, 1.165) is 27.9 Å². The van der Waals surface area contributed by atoms with Crippen molar-refractivity contribution in [2.45, 2.75) is 32.5 Å². The molecule has 0 unspecified atom stereocenters. The first kappa shape index (κ1) is 18.5. The number of ether oxygens (including phenoxy) is 1. The van der Waals surface area contributed by atoms with E-state index in [-0.39, 0.29) is 12.1 Å². The summed E-state index contributed by atoms with van der Waals surface area (Å²) in [5, 5.41) is 4.25. The van der Waals surface area contributed by atoms with Crippen molar-refractivity contribution in [1.82, 2.24) is 20.2 Å². The zero-order chi connectivity index (χ0) is 19.7. The Morgan fingerprint density at radius 1 is 1.14 bits per heavy atom. The maximum Gasteiger partial charge on any atom is 0.170 e. The number of aromatic nitrogens is 2. The quantitative estimate of drug-likeness (QED) is 0.637. The third-order valence-electron chi connectivity index (χ3n) is 5.22. The van der Waals surface area contributed by atoms with E-state index in [1.807, 2.05) is 30.5 Å². The fraction of sp³-hybridized carbons (Fsp3) is 0.273. The van der Waals surface area contributed by atoms with Crippen LogP contribution >= 0.6 is 12.2 Å². The number of benzene rings is 1. The molecule has 0 spiro atoms. The largest absolute Gasteiger partial charge is 0.497 e. The average Bonchev–Trinajstić information content (AvgIpc) is 3.21. The van der Waals surface area contributed by atoms with E-state index >= 15 is 0 Å². The lowest BCUT2D eigenvalue weighted by Gasteiger charge is -2.28. The molecule has 2 N–H and O–H groups in total. The van der Waals surface area contributed by atoms with Gasteiger partial charge in [0.15, 0.2) is 5.11 Å². The molecule has 1 aliphatic heterocycles. The summed E-state index contributed by atoms with van der Waals surface area (Å²) < 4.78 is 5.28. The number of thiocarbonyl (C=S) groups is 1. The van der Waals surface area contributed by atoms with E-state index < -0.39 is 0 Å². The lowest BCUT2D eigenvalue weighted by atomic mass is 9.96. The maximum absolute atomic E-state index is 5.74. The molecule has 0 aliphatic carbocycles. The molecule has 2 atom stereocenters. The lowest BCUT2D eigenvalue weighted by Crippen LogP contribution is -2.29. The molecular formula is C22H24N4OS. The second-order valence-electron chi connectivity index (χ2n) is 7.14. The normalized spacial score (nSPS) is 19.0. The van der Waals surface area contributed by atoms with E-state index in [9.17, 15) is 0 Å². The molecule has 5 nitrogen and oxygen atoms in total. The standard InChI is InChI=1S/C22H24N4OS/c1-14-12-18(15(2)24-14)21-20(19-6-4-5-11-23-19)25-22(28)26(21)13-16-7-9-17(27-3)10-8-16/h4-12,20-21,24H,13H2,1-3H3,(H,25,28)/t20-,21+/m1/s1. The molecule has 1 fully saturated rings. The Hall–Kier alpha value is -2.86. The van der Waals surface area contributed by atoms with Gasteiger partial charge in [-0.05, 0) is 67.5 Å². The van der Waals surface area contributed by atoms with Crippen LogP contribution in [0.2, 0.25) is 0 Å². The monoisotopic (exact) mass is 392 g/mol. The molecule has 144 valence electrons. The highest BCUT2D eigenvalue weighted by molar-refractivity contribution is 7.80. The van der Waals surface area contributed by atoms with Crippen molar-refractivity contribution >= 4 is 17.3 Å². The molecule has 28 heavy (non-hydrogen) atoms. The Morgan fingerprint density at radius 3 is 2.54 bits per heavy atom. The number of hydrogen-bond acceptors (Lipinski definition) is 3. The van der Waals surface area contributed by atoms with E-state index in [2.05, 4.69) is 58.3 Å². The average molecular weight is 393 g/mol. The summed E-state index contributed by atoms with van der Waals surface area (Å²) in [7, 11) is 1.68. The molecule has 0 radical (unpaired) electrons. The van der Waals surface area contributed by atoms with E-state index in [0.29, 0.717) is 6.54 Å². The van der Waals surface area contributed by atoms with Gasteiger partial charge in [-0.2, -0.15) is 0 Å². The van der Waals surface area contributed by atoms with Crippen LogP contribution in [0.25, 0.3) is 0 Å². The van der Waals surface area contributed by atoms with Gasteiger partial charge < -0.3 is 19.9 Å². The summed E-state index contributed by atoms with van der Waals surface area (Å²) in [6.45, 7) is 4.92. The first-order valence-corrected chi connectivity index (χ1v) is 9.74. The van der Waals surface area contributed by atoms with Gasteiger partial charge in [0.1, 0.15) is 5.75 Å². The molecule has 0 amide bonds. The molecule has 0 bridgehead atoms. The molecule has 6 heteroatoms. The number of methoxy groups -OCH3 is 1. The fourth-order valence-electron chi connectivity index (χ4n) is 3.89. The topological polar surface area (TPSA) is 53.2 Å². The third kappa shape index (κ3) is 3.47. The summed E-state index contributed by atoms with van der Waals surface area (Å²) in [5.41, 5.74) is 5.73. The zero-order valence-electron chi connectivity index (χ0n) is 16.3. The maximum atomic E-state index is 5.74. The molecule has 1 aromatic carbocycles. The van der Waals surface area contributed by atoms with Crippen molar-refractivity contribution in [2.75, 3.05) is 7.11 Å². The number of nitrogens with zero attached hydrogens (tertiary/aromatic N) is 2. The summed E-state index contributed by atoms with van der Waals surface area (Å²) in [6.07, 6.45) is 1.83. The molecule has 1 saturated heterocycles. The highest BCUT2D eigenvalue weighted by atomic mass is 32.1. The highest BCUT2D eigenvalue weighted by Gasteiger charge is 2.40. The van der Waals surface area contributed by atoms with Crippen LogP contribution in [0.4, 0.5) is 0 Å². The zero-order valence-corrected chi connectivity index (χ0v) is 17.1. The van der Waals surface area contributed by atoms with Gasteiger partial charge >= 0.3 is 0 Å². The number of nitrogens with one attached hydrogen (secondary N) is 2. The van der Waals surface area contributed by atoms with Gasteiger partial charge in [0.05, 0.1) is 24.9 Å². The van der Waals surface area contributed by atoms with Gasteiger partial charge in [-0.25, -0.2) is 0 Å². The second kappa shape index (κ2) is 7.64. The number of H-pyrrole nitrogens is 1. The van der Waals surface area contributed by atoms with Crippen LogP contribution in [0.5, 0.6) is 5.75 Å². The van der Waals surface area contributed by atoms with Crippen LogP contribution < -0.4 is 10.1 Å².